The van der Waals surface area contributed by atoms with Gasteiger partial charge in [-0.25, -0.2) is 0 Å². The van der Waals surface area contributed by atoms with Gasteiger partial charge in [-0.3, -0.25) is 4.79 Å². The highest BCUT2D eigenvalue weighted by Gasteiger charge is 2.42. The molecule has 1 aromatic carbocycles. The molecule has 2 aliphatic carbocycles. The molecular weight excluding hydrogens is 493 g/mol. The standard InChI is InChI=1S/C24H32INO4/c1-2-29-24-19(4-3-11-27)20(16-7-9-18(25)10-8-16)14-22(30-24)23(28)26-21-13-15-5-6-17(21)12-15/h7-10,14-15,17,19-21,24,27H,2-6,11-13H2,1H3,(H,26,28)/t15?,17?,19-,20+,21?,24+/m1/s1. The normalized spacial score (nSPS) is 32.6. The topological polar surface area (TPSA) is 67.8 Å². The zero-order chi connectivity index (χ0) is 21.1. The smallest absolute Gasteiger partial charge is 0.286 e. The van der Waals surface area contributed by atoms with Gasteiger partial charge in [-0.1, -0.05) is 18.6 Å². The number of aliphatic hydroxyl groups is 1. The summed E-state index contributed by atoms with van der Waals surface area (Å²) in [5.74, 6) is 1.72. The zero-order valence-corrected chi connectivity index (χ0v) is 19.7. The van der Waals surface area contributed by atoms with E-state index >= 15 is 0 Å². The Morgan fingerprint density at radius 3 is 2.70 bits per heavy atom. The van der Waals surface area contributed by atoms with E-state index in [1.165, 1.54) is 22.8 Å². The minimum Gasteiger partial charge on any atom is -0.459 e. The molecule has 5 nitrogen and oxygen atoms in total. The van der Waals surface area contributed by atoms with Gasteiger partial charge in [0, 0.05) is 34.7 Å². The first-order chi connectivity index (χ1) is 14.6. The van der Waals surface area contributed by atoms with Gasteiger partial charge in [-0.2, -0.15) is 0 Å². The van der Waals surface area contributed by atoms with Gasteiger partial charge in [-0.15, -0.1) is 0 Å². The number of carbonyl (C=O) groups excluding carboxylic acids is 1. The molecule has 0 spiro atoms. The van der Waals surface area contributed by atoms with Gasteiger partial charge in [0.25, 0.3) is 5.91 Å². The Morgan fingerprint density at radius 1 is 1.27 bits per heavy atom. The second kappa shape index (κ2) is 10.0. The Labute approximate surface area is 192 Å². The highest BCUT2D eigenvalue weighted by molar-refractivity contribution is 14.1. The van der Waals surface area contributed by atoms with Crippen molar-refractivity contribution in [3.8, 4) is 0 Å². The molecule has 164 valence electrons. The lowest BCUT2D eigenvalue weighted by atomic mass is 9.80. The third-order valence-electron chi connectivity index (χ3n) is 6.94. The van der Waals surface area contributed by atoms with Crippen molar-refractivity contribution in [2.75, 3.05) is 13.2 Å². The molecule has 0 saturated heterocycles. The summed E-state index contributed by atoms with van der Waals surface area (Å²) in [5, 5.41) is 12.6. The molecule has 30 heavy (non-hydrogen) atoms. The van der Waals surface area contributed by atoms with Crippen molar-refractivity contribution in [3.05, 3.63) is 45.2 Å². The number of allylic oxidation sites excluding steroid dienone is 1. The molecule has 0 aromatic heterocycles. The Morgan fingerprint density at radius 2 is 2.07 bits per heavy atom. The van der Waals surface area contributed by atoms with E-state index < -0.39 is 6.29 Å². The summed E-state index contributed by atoms with van der Waals surface area (Å²) >= 11 is 2.30. The summed E-state index contributed by atoms with van der Waals surface area (Å²) in [4.78, 5) is 13.1. The molecule has 1 amide bonds. The van der Waals surface area contributed by atoms with Crippen molar-refractivity contribution in [2.45, 2.75) is 63.7 Å². The van der Waals surface area contributed by atoms with E-state index in [9.17, 15) is 9.90 Å². The highest BCUT2D eigenvalue weighted by Crippen LogP contribution is 2.45. The largest absolute Gasteiger partial charge is 0.459 e. The number of rotatable bonds is 8. The van der Waals surface area contributed by atoms with E-state index in [0.29, 0.717) is 24.7 Å². The summed E-state index contributed by atoms with van der Waals surface area (Å²) in [7, 11) is 0. The lowest BCUT2D eigenvalue weighted by molar-refractivity contribution is -0.167. The average molecular weight is 525 g/mol. The summed E-state index contributed by atoms with van der Waals surface area (Å²) in [5.41, 5.74) is 1.15. The van der Waals surface area contributed by atoms with Crippen molar-refractivity contribution < 1.29 is 19.4 Å². The Bertz CT molecular complexity index is 765. The molecule has 6 atom stereocenters. The Hall–Kier alpha value is -1.12. The molecule has 1 heterocycles. The molecule has 0 radical (unpaired) electrons. The van der Waals surface area contributed by atoms with Crippen LogP contribution in [0.1, 0.15) is 56.9 Å². The van der Waals surface area contributed by atoms with Crippen LogP contribution in [0.3, 0.4) is 0 Å². The first-order valence-electron chi connectivity index (χ1n) is 11.3. The Kier molecular flexibility index (Phi) is 7.36. The van der Waals surface area contributed by atoms with Gasteiger partial charge >= 0.3 is 0 Å². The molecular formula is C24H32INO4. The van der Waals surface area contributed by atoms with Crippen LogP contribution in [0, 0.1) is 21.3 Å². The number of benzene rings is 1. The third-order valence-corrected chi connectivity index (χ3v) is 7.66. The number of ether oxygens (including phenoxy) is 2. The van der Waals surface area contributed by atoms with Crippen LogP contribution in [0.5, 0.6) is 0 Å². The van der Waals surface area contributed by atoms with Gasteiger partial charge in [0.1, 0.15) is 0 Å². The van der Waals surface area contributed by atoms with Gasteiger partial charge in [-0.05, 0) is 97.2 Å². The average Bonchev–Trinajstić information content (AvgIpc) is 3.36. The molecule has 2 N–H and O–H groups in total. The van der Waals surface area contributed by atoms with Crippen LogP contribution in [0.4, 0.5) is 0 Å². The quantitative estimate of drug-likeness (QED) is 0.496. The lowest BCUT2D eigenvalue weighted by Gasteiger charge is -2.37. The summed E-state index contributed by atoms with van der Waals surface area (Å²) in [6.07, 6.45) is 7.82. The van der Waals surface area contributed by atoms with Crippen LogP contribution >= 0.6 is 22.6 Å². The van der Waals surface area contributed by atoms with Gasteiger partial charge in [0.15, 0.2) is 5.76 Å². The number of halogens is 1. The van der Waals surface area contributed by atoms with E-state index in [0.717, 1.165) is 24.3 Å². The molecule has 3 unspecified atom stereocenters. The summed E-state index contributed by atoms with van der Waals surface area (Å²) in [6, 6.07) is 8.69. The fourth-order valence-electron chi connectivity index (χ4n) is 5.49. The minimum atomic E-state index is -0.489. The van der Waals surface area contributed by atoms with E-state index in [2.05, 4.69) is 52.2 Å². The zero-order valence-electron chi connectivity index (χ0n) is 17.6. The first-order valence-corrected chi connectivity index (χ1v) is 12.3. The molecule has 4 rings (SSSR count). The second-order valence-electron chi connectivity index (χ2n) is 8.83. The van der Waals surface area contributed by atoms with Crippen LogP contribution in [-0.4, -0.2) is 36.6 Å². The number of aliphatic hydroxyl groups excluding tert-OH is 1. The maximum Gasteiger partial charge on any atom is 0.286 e. The number of nitrogens with one attached hydrogen (secondary N) is 1. The fourth-order valence-corrected chi connectivity index (χ4v) is 5.85. The predicted molar refractivity (Wildman–Crippen MR) is 124 cm³/mol. The highest BCUT2D eigenvalue weighted by atomic mass is 127. The number of hydrogen-bond donors (Lipinski definition) is 2. The lowest BCUT2D eigenvalue weighted by Crippen LogP contribution is -2.43. The third kappa shape index (κ3) is 4.86. The van der Waals surface area contributed by atoms with E-state index in [1.54, 1.807) is 0 Å². The first kappa shape index (κ1) is 22.1. The second-order valence-corrected chi connectivity index (χ2v) is 10.1. The van der Waals surface area contributed by atoms with Crippen LogP contribution in [-0.2, 0) is 14.3 Å². The van der Waals surface area contributed by atoms with Crippen molar-refractivity contribution in [1.82, 2.24) is 5.32 Å². The SMILES string of the molecule is CCO[C@H]1OC(C(=O)NC2CC3CCC2C3)=C[C@@H](c2ccc(I)cc2)[C@H]1CCCO. The van der Waals surface area contributed by atoms with Crippen LogP contribution in [0.2, 0.25) is 0 Å². The van der Waals surface area contributed by atoms with E-state index in [-0.39, 0.29) is 30.4 Å². The maximum absolute atomic E-state index is 13.1. The van der Waals surface area contributed by atoms with Crippen LogP contribution < -0.4 is 5.32 Å². The molecule has 2 saturated carbocycles. The minimum absolute atomic E-state index is 0.0135. The Balaban J connectivity index is 1.58. The number of hydrogen-bond acceptors (Lipinski definition) is 4. The molecule has 2 fully saturated rings. The van der Waals surface area contributed by atoms with Crippen molar-refractivity contribution in [1.29, 1.82) is 0 Å². The van der Waals surface area contributed by atoms with Gasteiger partial charge in [0.05, 0.1) is 0 Å². The summed E-state index contributed by atoms with van der Waals surface area (Å²) in [6.45, 7) is 2.59. The molecule has 1 aliphatic heterocycles. The molecule has 6 heteroatoms. The molecule has 1 aromatic rings. The molecule has 3 aliphatic rings. The number of amides is 1. The van der Waals surface area contributed by atoms with Crippen molar-refractivity contribution in [3.63, 3.8) is 0 Å². The van der Waals surface area contributed by atoms with Crippen molar-refractivity contribution >= 4 is 28.5 Å². The number of fused-ring (bicyclic) bond motifs is 2. The maximum atomic E-state index is 13.1. The fraction of sp³-hybridized carbons (Fsp3) is 0.625. The van der Waals surface area contributed by atoms with Gasteiger partial charge < -0.3 is 19.9 Å². The van der Waals surface area contributed by atoms with Crippen molar-refractivity contribution in [2.24, 2.45) is 17.8 Å². The monoisotopic (exact) mass is 525 g/mol. The summed E-state index contributed by atoms with van der Waals surface area (Å²) < 4.78 is 13.2. The van der Waals surface area contributed by atoms with Crippen LogP contribution in [0.25, 0.3) is 0 Å². The van der Waals surface area contributed by atoms with Crippen LogP contribution in [0.15, 0.2) is 36.1 Å². The van der Waals surface area contributed by atoms with Gasteiger partial charge in [0.2, 0.25) is 6.29 Å². The molecule has 2 bridgehead atoms. The predicted octanol–water partition coefficient (Wildman–Crippen LogP) is 4.35. The van der Waals surface area contributed by atoms with E-state index in [4.69, 9.17) is 9.47 Å². The number of carbonyl (C=O) groups is 1. The van der Waals surface area contributed by atoms with E-state index in [1.807, 2.05) is 13.0 Å².